The van der Waals surface area contributed by atoms with Gasteiger partial charge in [-0.3, -0.25) is 14.4 Å². The monoisotopic (exact) mass is 429 g/mol. The van der Waals surface area contributed by atoms with Gasteiger partial charge in [-0.1, -0.05) is 72.4 Å². The van der Waals surface area contributed by atoms with E-state index >= 15 is 0 Å². The number of hydrogen-bond acceptors (Lipinski definition) is 6. The van der Waals surface area contributed by atoms with Crippen LogP contribution in [0, 0.1) is 0 Å². The van der Waals surface area contributed by atoms with Crippen LogP contribution in [0.5, 0.6) is 0 Å². The Kier molecular flexibility index (Phi) is 7.11. The summed E-state index contributed by atoms with van der Waals surface area (Å²) < 4.78 is 0. The van der Waals surface area contributed by atoms with Crippen molar-refractivity contribution < 1.29 is 24.3 Å². The van der Waals surface area contributed by atoms with E-state index in [2.05, 4.69) is 0 Å². The summed E-state index contributed by atoms with van der Waals surface area (Å²) in [6.07, 6.45) is -0.235. The summed E-state index contributed by atoms with van der Waals surface area (Å²) in [5.74, 6) is -1.26. The Hall–Kier alpha value is -2.58. The molecule has 6 nitrogen and oxygen atoms in total. The number of thioether (sulfide) groups is 2. The number of rotatable bonds is 7. The van der Waals surface area contributed by atoms with E-state index < -0.39 is 23.2 Å². The minimum Gasteiger partial charge on any atom is -0.480 e. The van der Waals surface area contributed by atoms with Crippen LogP contribution in [0.1, 0.15) is 27.1 Å². The summed E-state index contributed by atoms with van der Waals surface area (Å²) >= 11 is 2.16. The fourth-order valence-electron chi connectivity index (χ4n) is 2.92. The average Bonchev–Trinajstić information content (AvgIpc) is 3.24. The number of carboxylic acid groups (broad SMARTS) is 1. The van der Waals surface area contributed by atoms with Crippen LogP contribution in [0.4, 0.5) is 0 Å². The molecule has 8 heteroatoms. The molecule has 29 heavy (non-hydrogen) atoms. The first-order valence-electron chi connectivity index (χ1n) is 8.92. The Balaban J connectivity index is 1.80. The summed E-state index contributed by atoms with van der Waals surface area (Å²) in [7, 11) is 0. The molecule has 2 aromatic carbocycles. The lowest BCUT2D eigenvalue weighted by atomic mass is 10.1. The zero-order valence-electron chi connectivity index (χ0n) is 15.4. The van der Waals surface area contributed by atoms with Crippen molar-refractivity contribution in [2.75, 3.05) is 11.6 Å². The maximum Gasteiger partial charge on any atom is 0.327 e. The molecule has 0 aliphatic carbocycles. The Morgan fingerprint density at radius 2 is 1.59 bits per heavy atom. The standard InChI is InChI=1S/C21H19NO5S2/c23-18(22-13-28-12-16(22)20(25)26)11-17(19(24)14-7-3-1-4-8-14)29-21(27)15-9-5-2-6-10-15/h1-10,16-17H,11-13H2,(H,25,26)/t16-,17?/m0/s1. The number of carbonyl (C=O) groups is 4. The minimum absolute atomic E-state index is 0.235. The normalized spacial score (nSPS) is 17.0. The van der Waals surface area contributed by atoms with E-state index in [1.807, 2.05) is 0 Å². The summed E-state index contributed by atoms with van der Waals surface area (Å²) in [4.78, 5) is 51.1. The second-order valence-corrected chi connectivity index (χ2v) is 8.59. The quantitative estimate of drug-likeness (QED) is 0.676. The van der Waals surface area contributed by atoms with Gasteiger partial charge in [-0.15, -0.1) is 11.8 Å². The number of carbonyl (C=O) groups excluding carboxylic acids is 3. The van der Waals surface area contributed by atoms with Gasteiger partial charge in [-0.2, -0.15) is 0 Å². The number of amides is 1. The van der Waals surface area contributed by atoms with Gasteiger partial charge in [-0.05, 0) is 0 Å². The smallest absolute Gasteiger partial charge is 0.327 e. The van der Waals surface area contributed by atoms with Crippen molar-refractivity contribution in [3.63, 3.8) is 0 Å². The van der Waals surface area contributed by atoms with E-state index in [-0.39, 0.29) is 23.2 Å². The summed E-state index contributed by atoms with van der Waals surface area (Å²) in [5, 5.41) is 8.07. The molecule has 0 saturated carbocycles. The Bertz CT molecular complexity index is 904. The summed E-state index contributed by atoms with van der Waals surface area (Å²) in [5.41, 5.74) is 0.847. The summed E-state index contributed by atoms with van der Waals surface area (Å²) in [6, 6.07) is 16.1. The molecular weight excluding hydrogens is 410 g/mol. The highest BCUT2D eigenvalue weighted by molar-refractivity contribution is 8.15. The average molecular weight is 430 g/mol. The van der Waals surface area contributed by atoms with Crippen LogP contribution in [-0.2, 0) is 9.59 Å². The van der Waals surface area contributed by atoms with Gasteiger partial charge in [-0.25, -0.2) is 4.79 Å². The van der Waals surface area contributed by atoms with Crippen molar-refractivity contribution in [1.29, 1.82) is 0 Å². The van der Waals surface area contributed by atoms with E-state index in [0.717, 1.165) is 11.8 Å². The number of Topliss-reactive ketones (excluding diaryl/α,β-unsaturated/α-hetero) is 1. The van der Waals surface area contributed by atoms with E-state index in [9.17, 15) is 24.3 Å². The molecule has 1 unspecified atom stereocenters. The maximum atomic E-state index is 13.0. The third kappa shape index (κ3) is 5.27. The van der Waals surface area contributed by atoms with Gasteiger partial charge in [0.15, 0.2) is 5.78 Å². The van der Waals surface area contributed by atoms with Gasteiger partial charge in [0.1, 0.15) is 6.04 Å². The molecule has 2 aromatic rings. The van der Waals surface area contributed by atoms with Gasteiger partial charge < -0.3 is 10.0 Å². The molecule has 1 amide bonds. The second kappa shape index (κ2) is 9.76. The van der Waals surface area contributed by atoms with Crippen molar-refractivity contribution >= 4 is 46.3 Å². The number of hydrogen-bond donors (Lipinski definition) is 1. The second-order valence-electron chi connectivity index (χ2n) is 6.41. The molecule has 1 fully saturated rings. The third-order valence-electron chi connectivity index (χ3n) is 4.46. The number of nitrogens with zero attached hydrogens (tertiary/aromatic N) is 1. The van der Waals surface area contributed by atoms with Crippen LogP contribution in [0.25, 0.3) is 0 Å². The highest BCUT2D eigenvalue weighted by Crippen LogP contribution is 2.28. The molecule has 2 atom stereocenters. The van der Waals surface area contributed by atoms with Crippen molar-refractivity contribution in [2.24, 2.45) is 0 Å². The predicted molar refractivity (Wildman–Crippen MR) is 113 cm³/mol. The zero-order chi connectivity index (χ0) is 20.8. The molecule has 1 aliphatic heterocycles. The van der Waals surface area contributed by atoms with E-state index in [1.165, 1.54) is 16.7 Å². The molecule has 1 saturated heterocycles. The van der Waals surface area contributed by atoms with Gasteiger partial charge in [0.05, 0.1) is 11.1 Å². The lowest BCUT2D eigenvalue weighted by Gasteiger charge is -2.23. The first-order valence-corrected chi connectivity index (χ1v) is 11.0. The third-order valence-corrected chi connectivity index (χ3v) is 6.58. The van der Waals surface area contributed by atoms with E-state index in [4.69, 9.17) is 0 Å². The van der Waals surface area contributed by atoms with Crippen molar-refractivity contribution in [3.05, 3.63) is 71.8 Å². The highest BCUT2D eigenvalue weighted by Gasteiger charge is 2.37. The van der Waals surface area contributed by atoms with Crippen molar-refractivity contribution in [1.82, 2.24) is 4.90 Å². The lowest BCUT2D eigenvalue weighted by molar-refractivity contribution is -0.147. The Morgan fingerprint density at radius 3 is 2.17 bits per heavy atom. The first kappa shape index (κ1) is 21.1. The topological polar surface area (TPSA) is 91.8 Å². The minimum atomic E-state index is -1.07. The van der Waals surface area contributed by atoms with Gasteiger partial charge in [0.25, 0.3) is 0 Å². The molecule has 3 rings (SSSR count). The van der Waals surface area contributed by atoms with Crippen molar-refractivity contribution in [3.8, 4) is 0 Å². The fourth-order valence-corrected chi connectivity index (χ4v) is 5.09. The van der Waals surface area contributed by atoms with E-state index in [0.29, 0.717) is 16.9 Å². The number of ketones is 1. The Morgan fingerprint density at radius 1 is 1.00 bits per heavy atom. The van der Waals surface area contributed by atoms with Crippen LogP contribution in [-0.4, -0.2) is 55.7 Å². The van der Waals surface area contributed by atoms with Gasteiger partial charge in [0, 0.05) is 23.3 Å². The van der Waals surface area contributed by atoms with Crippen LogP contribution in [0.15, 0.2) is 60.7 Å². The van der Waals surface area contributed by atoms with Gasteiger partial charge >= 0.3 is 5.97 Å². The Labute approximate surface area is 176 Å². The van der Waals surface area contributed by atoms with Crippen LogP contribution in [0.3, 0.4) is 0 Å². The predicted octanol–water partition coefficient (Wildman–Crippen LogP) is 3.19. The molecule has 0 spiro atoms. The molecule has 1 N–H and O–H groups in total. The number of aliphatic carboxylic acids is 1. The summed E-state index contributed by atoms with van der Waals surface area (Å²) in [6.45, 7) is 0. The molecular formula is C21H19NO5S2. The maximum absolute atomic E-state index is 13.0. The molecule has 0 aromatic heterocycles. The molecule has 0 radical (unpaired) electrons. The highest BCUT2D eigenvalue weighted by atomic mass is 32.2. The number of carboxylic acids is 1. The van der Waals surface area contributed by atoms with Crippen LogP contribution < -0.4 is 0 Å². The first-order chi connectivity index (χ1) is 14.0. The SMILES string of the molecule is O=C(SC(CC(=O)N1CSC[C@H]1C(=O)O)C(=O)c1ccccc1)c1ccccc1. The number of benzene rings is 2. The molecule has 150 valence electrons. The lowest BCUT2D eigenvalue weighted by Crippen LogP contribution is -2.43. The molecule has 1 aliphatic rings. The molecule has 0 bridgehead atoms. The zero-order valence-corrected chi connectivity index (χ0v) is 17.0. The van der Waals surface area contributed by atoms with Crippen LogP contribution >= 0.6 is 23.5 Å². The molecule has 1 heterocycles. The van der Waals surface area contributed by atoms with Gasteiger partial charge in [0.2, 0.25) is 11.0 Å². The fraction of sp³-hybridized carbons (Fsp3) is 0.238. The van der Waals surface area contributed by atoms with Crippen molar-refractivity contribution in [2.45, 2.75) is 17.7 Å². The van der Waals surface area contributed by atoms with Crippen LogP contribution in [0.2, 0.25) is 0 Å². The largest absolute Gasteiger partial charge is 0.480 e. The van der Waals surface area contributed by atoms with E-state index in [1.54, 1.807) is 60.7 Å².